The topological polar surface area (TPSA) is 120 Å². The minimum atomic E-state index is -1.25. The highest BCUT2D eigenvalue weighted by molar-refractivity contribution is 5.92. The van der Waals surface area contributed by atoms with Gasteiger partial charge in [-0.05, 0) is 27.7 Å². The third-order valence-corrected chi connectivity index (χ3v) is 3.63. The quantitative estimate of drug-likeness (QED) is 0.367. The summed E-state index contributed by atoms with van der Waals surface area (Å²) in [4.78, 5) is 48.1. The number of rotatable bonds is 8. The Morgan fingerprint density at radius 1 is 1.04 bits per heavy atom. The van der Waals surface area contributed by atoms with Crippen molar-refractivity contribution < 1.29 is 33.4 Å². The summed E-state index contributed by atoms with van der Waals surface area (Å²) in [7, 11) is 2.29. The fourth-order valence-corrected chi connectivity index (χ4v) is 1.98. The number of nitrogens with one attached hydrogen (secondary N) is 2. The molecule has 9 nitrogen and oxygen atoms in total. The minimum absolute atomic E-state index is 0.407. The fourth-order valence-electron chi connectivity index (χ4n) is 1.98. The molecule has 0 bridgehead atoms. The molecular weight excluding hydrogens is 356 g/mol. The van der Waals surface area contributed by atoms with Crippen molar-refractivity contribution in [1.82, 2.24) is 10.6 Å². The molecule has 2 amide bonds. The number of ether oxygens (including phenoxy) is 3. The average molecular weight is 386 g/mol. The maximum Gasteiger partial charge on any atom is 0.408 e. The standard InChI is InChI=1S/C18H30N2O7/c1-10(2)11(3)14(20-17(24)27-18(4,5)6)15(22)19-12(16(23)26-8)9-13(21)25-7/h11-12,14H,1,9H2,2-8H3,(H,19,22)(H,20,24)/t11-,12+,14+/m1/s1. The SMILES string of the molecule is C=C(C)[C@@H](C)[C@H](NC(=O)OC(C)(C)C)C(=O)N[C@@H](CC(=O)OC)C(=O)OC. The van der Waals surface area contributed by atoms with Crippen molar-refractivity contribution in [1.29, 1.82) is 0 Å². The highest BCUT2D eigenvalue weighted by Crippen LogP contribution is 2.15. The van der Waals surface area contributed by atoms with E-state index in [0.29, 0.717) is 5.57 Å². The first-order chi connectivity index (χ1) is 12.3. The zero-order valence-electron chi connectivity index (χ0n) is 17.0. The lowest BCUT2D eigenvalue weighted by Gasteiger charge is -2.28. The maximum atomic E-state index is 12.7. The lowest BCUT2D eigenvalue weighted by atomic mass is 9.94. The van der Waals surface area contributed by atoms with Crippen LogP contribution in [0.1, 0.15) is 41.0 Å². The number of carbonyl (C=O) groups is 4. The molecule has 0 spiro atoms. The minimum Gasteiger partial charge on any atom is -0.469 e. The molecule has 0 aliphatic carbocycles. The van der Waals surface area contributed by atoms with Crippen molar-refractivity contribution in [3.8, 4) is 0 Å². The summed E-state index contributed by atoms with van der Waals surface area (Å²) in [5.41, 5.74) is -0.120. The van der Waals surface area contributed by atoms with Crippen LogP contribution in [0.3, 0.4) is 0 Å². The van der Waals surface area contributed by atoms with Crippen molar-refractivity contribution in [3.05, 3.63) is 12.2 Å². The Hall–Kier alpha value is -2.58. The summed E-state index contributed by atoms with van der Waals surface area (Å²) < 4.78 is 14.3. The molecule has 0 heterocycles. The maximum absolute atomic E-state index is 12.7. The summed E-state index contributed by atoms with van der Waals surface area (Å²) in [5, 5.41) is 4.89. The summed E-state index contributed by atoms with van der Waals surface area (Å²) >= 11 is 0. The van der Waals surface area contributed by atoms with Gasteiger partial charge in [0, 0.05) is 5.92 Å². The van der Waals surface area contributed by atoms with Crippen molar-refractivity contribution in [2.24, 2.45) is 5.92 Å². The summed E-state index contributed by atoms with van der Waals surface area (Å²) in [6.45, 7) is 12.3. The average Bonchev–Trinajstić information content (AvgIpc) is 2.55. The van der Waals surface area contributed by atoms with Crippen LogP contribution in [0.2, 0.25) is 0 Å². The van der Waals surface area contributed by atoms with E-state index in [0.717, 1.165) is 14.2 Å². The third-order valence-electron chi connectivity index (χ3n) is 3.63. The van der Waals surface area contributed by atoms with Gasteiger partial charge in [-0.3, -0.25) is 9.59 Å². The number of methoxy groups -OCH3 is 2. The number of amides is 2. The molecule has 0 aromatic rings. The van der Waals surface area contributed by atoms with Crippen LogP contribution in [0.5, 0.6) is 0 Å². The monoisotopic (exact) mass is 386 g/mol. The molecule has 0 saturated carbocycles. The number of esters is 2. The molecule has 0 unspecified atom stereocenters. The Bertz CT molecular complexity index is 581. The molecule has 0 aromatic heterocycles. The van der Waals surface area contributed by atoms with Crippen LogP contribution in [-0.2, 0) is 28.6 Å². The van der Waals surface area contributed by atoms with E-state index in [-0.39, 0.29) is 0 Å². The van der Waals surface area contributed by atoms with E-state index in [1.54, 1.807) is 34.6 Å². The lowest BCUT2D eigenvalue weighted by Crippen LogP contribution is -2.55. The summed E-state index contributed by atoms with van der Waals surface area (Å²) in [6.07, 6.45) is -1.20. The molecule has 0 rings (SSSR count). The van der Waals surface area contributed by atoms with Crippen LogP contribution in [-0.4, -0.2) is 55.8 Å². The van der Waals surface area contributed by atoms with Gasteiger partial charge >= 0.3 is 18.0 Å². The lowest BCUT2D eigenvalue weighted by molar-refractivity contribution is -0.151. The van der Waals surface area contributed by atoms with Crippen LogP contribution in [0.4, 0.5) is 4.79 Å². The van der Waals surface area contributed by atoms with Gasteiger partial charge in [-0.25, -0.2) is 9.59 Å². The van der Waals surface area contributed by atoms with Crippen molar-refractivity contribution in [3.63, 3.8) is 0 Å². The molecule has 0 aliphatic heterocycles. The summed E-state index contributed by atoms with van der Waals surface area (Å²) in [6, 6.07) is -2.32. The molecule has 0 fully saturated rings. The molecule has 0 aromatic carbocycles. The van der Waals surface area contributed by atoms with Crippen LogP contribution in [0.15, 0.2) is 12.2 Å². The van der Waals surface area contributed by atoms with E-state index in [2.05, 4.69) is 26.7 Å². The second kappa shape index (κ2) is 10.5. The first-order valence-electron chi connectivity index (χ1n) is 8.42. The first-order valence-corrected chi connectivity index (χ1v) is 8.42. The largest absolute Gasteiger partial charge is 0.469 e. The molecular formula is C18H30N2O7. The van der Waals surface area contributed by atoms with Gasteiger partial charge in [0.15, 0.2) is 0 Å². The predicted octanol–water partition coefficient (Wildman–Crippen LogP) is 1.31. The van der Waals surface area contributed by atoms with Gasteiger partial charge in [0.1, 0.15) is 17.7 Å². The van der Waals surface area contributed by atoms with Crippen molar-refractivity contribution in [2.75, 3.05) is 14.2 Å². The number of hydrogen-bond acceptors (Lipinski definition) is 7. The van der Waals surface area contributed by atoms with Gasteiger partial charge in [-0.2, -0.15) is 0 Å². The second-order valence-corrected chi connectivity index (χ2v) is 7.12. The molecule has 154 valence electrons. The van der Waals surface area contributed by atoms with E-state index in [4.69, 9.17) is 4.74 Å². The molecule has 27 heavy (non-hydrogen) atoms. The fraction of sp³-hybridized carbons (Fsp3) is 0.667. The van der Waals surface area contributed by atoms with Gasteiger partial charge in [-0.15, -0.1) is 0 Å². The molecule has 0 radical (unpaired) electrons. The molecule has 0 saturated heterocycles. The zero-order valence-corrected chi connectivity index (χ0v) is 17.0. The van der Waals surface area contributed by atoms with Crippen molar-refractivity contribution in [2.45, 2.75) is 58.7 Å². The number of alkyl carbamates (subject to hydrolysis) is 1. The molecule has 9 heteroatoms. The Labute approximate surface area is 159 Å². The summed E-state index contributed by atoms with van der Waals surface area (Å²) in [5.74, 6) is -2.66. The van der Waals surface area contributed by atoms with Gasteiger partial charge in [0.2, 0.25) is 5.91 Å². The van der Waals surface area contributed by atoms with Gasteiger partial charge in [0.25, 0.3) is 0 Å². The first kappa shape index (κ1) is 24.4. The highest BCUT2D eigenvalue weighted by Gasteiger charge is 2.33. The zero-order chi connectivity index (χ0) is 21.4. The van der Waals surface area contributed by atoms with Crippen molar-refractivity contribution >= 4 is 23.9 Å². The smallest absolute Gasteiger partial charge is 0.408 e. The van der Waals surface area contributed by atoms with Crippen LogP contribution < -0.4 is 10.6 Å². The van der Waals surface area contributed by atoms with E-state index >= 15 is 0 Å². The molecule has 0 aliphatic rings. The van der Waals surface area contributed by atoms with E-state index in [1.807, 2.05) is 0 Å². The Morgan fingerprint density at radius 3 is 2.00 bits per heavy atom. The number of carbonyl (C=O) groups excluding carboxylic acids is 4. The second-order valence-electron chi connectivity index (χ2n) is 7.12. The van der Waals surface area contributed by atoms with E-state index in [1.165, 1.54) is 0 Å². The van der Waals surface area contributed by atoms with Gasteiger partial charge in [0.05, 0.1) is 20.6 Å². The Kier molecular flexibility index (Phi) is 9.53. The van der Waals surface area contributed by atoms with Crippen LogP contribution >= 0.6 is 0 Å². The Balaban J connectivity index is 5.41. The third kappa shape index (κ3) is 9.07. The van der Waals surface area contributed by atoms with E-state index in [9.17, 15) is 19.2 Å². The molecule has 3 atom stereocenters. The van der Waals surface area contributed by atoms with E-state index < -0.39 is 54.0 Å². The molecule has 2 N–H and O–H groups in total. The van der Waals surface area contributed by atoms with Gasteiger partial charge < -0.3 is 24.8 Å². The van der Waals surface area contributed by atoms with Gasteiger partial charge in [-0.1, -0.05) is 19.1 Å². The Morgan fingerprint density at radius 2 is 1.59 bits per heavy atom. The highest BCUT2D eigenvalue weighted by atomic mass is 16.6. The number of hydrogen-bond donors (Lipinski definition) is 2. The normalized spacial score (nSPS) is 14.2. The van der Waals surface area contributed by atoms with Crippen LogP contribution in [0, 0.1) is 5.92 Å². The predicted molar refractivity (Wildman–Crippen MR) is 97.7 cm³/mol. The van der Waals surface area contributed by atoms with Crippen LogP contribution in [0.25, 0.3) is 0 Å².